The number of hydrogen-bond donors (Lipinski definition) is 1. The number of benzene rings is 2. The standard InChI is InChI=1S/C18H23NO/c1-12-6-7-16(17(11-12)20-5)18(19-4)15-9-13(2)8-14(3)10-15/h6-11,18-19H,1-5H3. The average Bonchev–Trinajstić information content (AvgIpc) is 2.40. The predicted molar refractivity (Wildman–Crippen MR) is 84.5 cm³/mol. The maximum atomic E-state index is 5.55. The molecular weight excluding hydrogens is 246 g/mol. The van der Waals surface area contributed by atoms with Crippen molar-refractivity contribution >= 4 is 0 Å². The molecule has 0 spiro atoms. The smallest absolute Gasteiger partial charge is 0.124 e. The number of nitrogens with one attached hydrogen (secondary N) is 1. The average molecular weight is 269 g/mol. The van der Waals surface area contributed by atoms with Crippen LogP contribution in [0, 0.1) is 20.8 Å². The lowest BCUT2D eigenvalue weighted by Crippen LogP contribution is -2.18. The van der Waals surface area contributed by atoms with Crippen molar-refractivity contribution in [2.75, 3.05) is 14.2 Å². The molecule has 0 aromatic heterocycles. The summed E-state index contributed by atoms with van der Waals surface area (Å²) in [6, 6.07) is 13.2. The first-order valence-electron chi connectivity index (χ1n) is 6.95. The van der Waals surface area contributed by atoms with Crippen molar-refractivity contribution < 1.29 is 4.74 Å². The molecule has 2 heteroatoms. The van der Waals surface area contributed by atoms with Gasteiger partial charge in [0.05, 0.1) is 13.2 Å². The van der Waals surface area contributed by atoms with Crippen LogP contribution >= 0.6 is 0 Å². The van der Waals surface area contributed by atoms with E-state index in [1.165, 1.54) is 27.8 Å². The van der Waals surface area contributed by atoms with E-state index in [0.717, 1.165) is 5.75 Å². The highest BCUT2D eigenvalue weighted by Gasteiger charge is 2.17. The van der Waals surface area contributed by atoms with Crippen molar-refractivity contribution in [2.45, 2.75) is 26.8 Å². The number of rotatable bonds is 4. The van der Waals surface area contributed by atoms with Crippen molar-refractivity contribution in [1.29, 1.82) is 0 Å². The fourth-order valence-corrected chi connectivity index (χ4v) is 2.74. The lowest BCUT2D eigenvalue weighted by molar-refractivity contribution is 0.405. The van der Waals surface area contributed by atoms with Crippen LogP contribution in [0.2, 0.25) is 0 Å². The van der Waals surface area contributed by atoms with Gasteiger partial charge in [-0.25, -0.2) is 0 Å². The molecule has 1 N–H and O–H groups in total. The third-order valence-electron chi connectivity index (χ3n) is 3.57. The Morgan fingerprint density at radius 3 is 2.10 bits per heavy atom. The van der Waals surface area contributed by atoms with Crippen LogP contribution in [0.5, 0.6) is 5.75 Å². The highest BCUT2D eigenvalue weighted by Crippen LogP contribution is 2.31. The molecule has 0 heterocycles. The van der Waals surface area contributed by atoms with Crippen LogP contribution in [0.25, 0.3) is 0 Å². The van der Waals surface area contributed by atoms with E-state index in [9.17, 15) is 0 Å². The summed E-state index contributed by atoms with van der Waals surface area (Å²) in [5.74, 6) is 0.934. The van der Waals surface area contributed by atoms with E-state index >= 15 is 0 Å². The third kappa shape index (κ3) is 3.02. The molecule has 2 aromatic rings. The zero-order valence-electron chi connectivity index (χ0n) is 12.9. The van der Waals surface area contributed by atoms with Crippen molar-refractivity contribution in [3.05, 3.63) is 64.2 Å². The molecule has 0 aliphatic heterocycles. The van der Waals surface area contributed by atoms with E-state index in [4.69, 9.17) is 4.74 Å². The van der Waals surface area contributed by atoms with Gasteiger partial charge >= 0.3 is 0 Å². The van der Waals surface area contributed by atoms with E-state index in [-0.39, 0.29) is 6.04 Å². The second-order valence-corrected chi connectivity index (χ2v) is 5.39. The predicted octanol–water partition coefficient (Wildman–Crippen LogP) is 3.93. The molecule has 0 saturated carbocycles. The summed E-state index contributed by atoms with van der Waals surface area (Å²) >= 11 is 0. The number of ether oxygens (including phenoxy) is 1. The van der Waals surface area contributed by atoms with E-state index in [1.54, 1.807) is 7.11 Å². The van der Waals surface area contributed by atoms with Crippen LogP contribution < -0.4 is 10.1 Å². The Kier molecular flexibility index (Phi) is 4.46. The molecule has 1 unspecified atom stereocenters. The molecule has 0 fully saturated rings. The second-order valence-electron chi connectivity index (χ2n) is 5.39. The van der Waals surface area contributed by atoms with Crippen molar-refractivity contribution in [1.82, 2.24) is 5.32 Å². The van der Waals surface area contributed by atoms with E-state index in [2.05, 4.69) is 62.5 Å². The van der Waals surface area contributed by atoms with Gasteiger partial charge in [-0.1, -0.05) is 41.5 Å². The van der Waals surface area contributed by atoms with Crippen molar-refractivity contribution in [3.8, 4) is 5.75 Å². The first-order chi connectivity index (χ1) is 9.55. The molecule has 2 rings (SSSR count). The molecule has 1 atom stereocenters. The summed E-state index contributed by atoms with van der Waals surface area (Å²) in [5, 5.41) is 3.40. The fraction of sp³-hybridized carbons (Fsp3) is 0.333. The molecule has 0 amide bonds. The van der Waals surface area contributed by atoms with E-state index in [1.807, 2.05) is 7.05 Å². The Labute approximate surface area is 121 Å². The first kappa shape index (κ1) is 14.6. The van der Waals surface area contributed by atoms with Gasteiger partial charge in [0.1, 0.15) is 5.75 Å². The quantitative estimate of drug-likeness (QED) is 0.908. The topological polar surface area (TPSA) is 21.3 Å². The lowest BCUT2D eigenvalue weighted by Gasteiger charge is -2.21. The molecule has 2 aromatic carbocycles. The molecule has 2 nitrogen and oxygen atoms in total. The second kappa shape index (κ2) is 6.10. The molecule has 0 bridgehead atoms. The number of aryl methyl sites for hydroxylation is 3. The number of hydrogen-bond acceptors (Lipinski definition) is 2. The molecule has 0 aliphatic carbocycles. The molecular formula is C18H23NO. The first-order valence-corrected chi connectivity index (χ1v) is 6.95. The van der Waals surface area contributed by atoms with Gasteiger partial charge in [-0.15, -0.1) is 0 Å². The Morgan fingerprint density at radius 1 is 0.900 bits per heavy atom. The zero-order chi connectivity index (χ0) is 14.7. The lowest BCUT2D eigenvalue weighted by atomic mass is 9.94. The summed E-state index contributed by atoms with van der Waals surface area (Å²) in [6.07, 6.45) is 0. The Morgan fingerprint density at radius 2 is 1.55 bits per heavy atom. The summed E-state index contributed by atoms with van der Waals surface area (Å²) in [6.45, 7) is 6.35. The van der Waals surface area contributed by atoms with Crippen LogP contribution in [-0.2, 0) is 0 Å². The van der Waals surface area contributed by atoms with Gasteiger partial charge < -0.3 is 10.1 Å². The monoisotopic (exact) mass is 269 g/mol. The Balaban J connectivity index is 2.52. The van der Waals surface area contributed by atoms with E-state index in [0.29, 0.717) is 0 Å². The summed E-state index contributed by atoms with van der Waals surface area (Å²) < 4.78 is 5.55. The summed E-state index contributed by atoms with van der Waals surface area (Å²) in [5.41, 5.74) is 6.22. The SMILES string of the molecule is CNC(c1cc(C)cc(C)c1)c1ccc(C)cc1OC. The highest BCUT2D eigenvalue weighted by molar-refractivity contribution is 5.45. The van der Waals surface area contributed by atoms with Crippen molar-refractivity contribution in [3.63, 3.8) is 0 Å². The van der Waals surface area contributed by atoms with Crippen LogP contribution in [0.15, 0.2) is 36.4 Å². The maximum absolute atomic E-state index is 5.55. The minimum absolute atomic E-state index is 0.143. The van der Waals surface area contributed by atoms with Gasteiger partial charge in [0, 0.05) is 5.56 Å². The largest absolute Gasteiger partial charge is 0.496 e. The fourth-order valence-electron chi connectivity index (χ4n) is 2.74. The highest BCUT2D eigenvalue weighted by atomic mass is 16.5. The molecule has 0 aliphatic rings. The van der Waals surface area contributed by atoms with Crippen LogP contribution in [0.1, 0.15) is 33.9 Å². The minimum Gasteiger partial charge on any atom is -0.496 e. The normalized spacial score (nSPS) is 12.2. The van der Waals surface area contributed by atoms with Gasteiger partial charge in [-0.3, -0.25) is 0 Å². The van der Waals surface area contributed by atoms with Gasteiger partial charge in [-0.05, 0) is 45.0 Å². The van der Waals surface area contributed by atoms with E-state index < -0.39 is 0 Å². The van der Waals surface area contributed by atoms with Gasteiger partial charge in [0.2, 0.25) is 0 Å². The summed E-state index contributed by atoms with van der Waals surface area (Å²) in [7, 11) is 3.72. The molecule has 106 valence electrons. The maximum Gasteiger partial charge on any atom is 0.124 e. The van der Waals surface area contributed by atoms with Crippen LogP contribution in [-0.4, -0.2) is 14.2 Å². The molecule has 0 saturated heterocycles. The van der Waals surface area contributed by atoms with Gasteiger partial charge in [0.25, 0.3) is 0 Å². The van der Waals surface area contributed by atoms with Gasteiger partial charge in [-0.2, -0.15) is 0 Å². The van der Waals surface area contributed by atoms with Crippen LogP contribution in [0.3, 0.4) is 0 Å². The molecule has 0 radical (unpaired) electrons. The third-order valence-corrected chi connectivity index (χ3v) is 3.57. The summed E-state index contributed by atoms with van der Waals surface area (Å²) in [4.78, 5) is 0. The van der Waals surface area contributed by atoms with Crippen molar-refractivity contribution in [2.24, 2.45) is 0 Å². The Hall–Kier alpha value is -1.80. The minimum atomic E-state index is 0.143. The van der Waals surface area contributed by atoms with Crippen LogP contribution in [0.4, 0.5) is 0 Å². The Bertz CT molecular complexity index is 584. The molecule has 20 heavy (non-hydrogen) atoms. The number of methoxy groups -OCH3 is 1. The van der Waals surface area contributed by atoms with Gasteiger partial charge in [0.15, 0.2) is 0 Å². The zero-order valence-corrected chi connectivity index (χ0v) is 12.9.